The molecule has 0 spiro atoms. The molecule has 0 bridgehead atoms. The quantitative estimate of drug-likeness (QED) is 0.588. The summed E-state index contributed by atoms with van der Waals surface area (Å²) in [7, 11) is 0. The summed E-state index contributed by atoms with van der Waals surface area (Å²) in [6.07, 6.45) is 0. The minimum absolute atomic E-state index is 0.00364. The fraction of sp³-hybridized carbons (Fsp3) is 0.267. The van der Waals surface area contributed by atoms with Gasteiger partial charge in [-0.15, -0.1) is 11.3 Å². The number of nitrogens with one attached hydrogen (secondary N) is 2. The van der Waals surface area contributed by atoms with E-state index < -0.39 is 5.82 Å². The zero-order valence-electron chi connectivity index (χ0n) is 11.9. The molecule has 0 aliphatic heterocycles. The van der Waals surface area contributed by atoms with E-state index >= 15 is 0 Å². The molecule has 112 valence electrons. The Balaban J connectivity index is 2.11. The normalized spacial score (nSPS) is 11.2. The van der Waals surface area contributed by atoms with Gasteiger partial charge in [0.05, 0.1) is 11.3 Å². The summed E-state index contributed by atoms with van der Waals surface area (Å²) >= 11 is 1.64. The van der Waals surface area contributed by atoms with Crippen LogP contribution >= 0.6 is 11.3 Å². The number of hydrogen-bond donors (Lipinski definition) is 3. The predicted octanol–water partition coefficient (Wildman–Crippen LogP) is 2.88. The van der Waals surface area contributed by atoms with Crippen LogP contribution in [0.15, 0.2) is 35.7 Å². The lowest BCUT2D eigenvalue weighted by Gasteiger charge is -2.24. The molecule has 0 saturated heterocycles. The minimum atomic E-state index is -0.553. The van der Waals surface area contributed by atoms with Gasteiger partial charge in [0.2, 0.25) is 0 Å². The van der Waals surface area contributed by atoms with Gasteiger partial charge in [-0.25, -0.2) is 4.39 Å². The first kappa shape index (κ1) is 15.5. The summed E-state index contributed by atoms with van der Waals surface area (Å²) in [5, 5.41) is 4.84. The lowest BCUT2D eigenvalue weighted by molar-refractivity contribution is 0.0946. The molecular formula is C15H18FN3OS. The van der Waals surface area contributed by atoms with Crippen LogP contribution < -0.4 is 16.6 Å². The van der Waals surface area contributed by atoms with E-state index in [0.29, 0.717) is 6.54 Å². The maximum Gasteiger partial charge on any atom is 0.253 e. The number of halogens is 1. The van der Waals surface area contributed by atoms with Crippen LogP contribution in [0.1, 0.15) is 29.1 Å². The zero-order chi connectivity index (χ0) is 15.5. The Labute approximate surface area is 127 Å². The van der Waals surface area contributed by atoms with E-state index in [0.717, 1.165) is 0 Å². The number of thiophene rings is 1. The van der Waals surface area contributed by atoms with Crippen molar-refractivity contribution in [3.8, 4) is 0 Å². The van der Waals surface area contributed by atoms with Gasteiger partial charge in [0.1, 0.15) is 5.82 Å². The van der Waals surface area contributed by atoms with E-state index in [1.54, 1.807) is 11.3 Å². The van der Waals surface area contributed by atoms with Crippen LogP contribution in [0.4, 0.5) is 10.1 Å². The van der Waals surface area contributed by atoms with Crippen LogP contribution in [0, 0.1) is 5.82 Å². The van der Waals surface area contributed by atoms with Gasteiger partial charge in [-0.1, -0.05) is 26.0 Å². The second-order valence-corrected chi connectivity index (χ2v) is 6.30. The molecule has 0 aliphatic rings. The van der Waals surface area contributed by atoms with E-state index in [-0.39, 0.29) is 22.6 Å². The molecule has 0 unspecified atom stereocenters. The van der Waals surface area contributed by atoms with Crippen molar-refractivity contribution < 1.29 is 9.18 Å². The number of amides is 1. The molecule has 0 atom stereocenters. The fourth-order valence-corrected chi connectivity index (χ4v) is 2.86. The molecule has 2 aromatic rings. The van der Waals surface area contributed by atoms with Gasteiger partial charge in [-0.3, -0.25) is 10.6 Å². The van der Waals surface area contributed by atoms with Gasteiger partial charge in [-0.05, 0) is 23.6 Å². The Bertz CT molecular complexity index is 626. The molecule has 1 heterocycles. The summed E-state index contributed by atoms with van der Waals surface area (Å²) in [6.45, 7) is 4.55. The van der Waals surface area contributed by atoms with Gasteiger partial charge in [0.15, 0.2) is 0 Å². The van der Waals surface area contributed by atoms with Crippen molar-refractivity contribution in [2.24, 2.45) is 5.84 Å². The molecule has 0 fully saturated rings. The molecule has 1 aromatic heterocycles. The smallest absolute Gasteiger partial charge is 0.253 e. The van der Waals surface area contributed by atoms with Gasteiger partial charge in [0.25, 0.3) is 5.91 Å². The standard InChI is InChI=1S/C15H18FN3OS/c1-15(2,12-7-4-8-21-12)9-18-14(20)10-5-3-6-11(16)13(10)19-17/h3-8,19H,9,17H2,1-2H3,(H,18,20). The molecule has 0 aliphatic carbocycles. The third kappa shape index (κ3) is 3.40. The largest absolute Gasteiger partial charge is 0.351 e. The van der Waals surface area contributed by atoms with Crippen molar-refractivity contribution >= 4 is 22.9 Å². The Kier molecular flexibility index (Phi) is 4.59. The highest BCUT2D eigenvalue weighted by Gasteiger charge is 2.23. The number of nitrogens with two attached hydrogens (primary N) is 1. The number of benzene rings is 1. The Morgan fingerprint density at radius 3 is 2.71 bits per heavy atom. The lowest BCUT2D eigenvalue weighted by Crippen LogP contribution is -2.36. The summed E-state index contributed by atoms with van der Waals surface area (Å²) in [5.74, 6) is 4.37. The fourth-order valence-electron chi connectivity index (χ4n) is 2.01. The summed E-state index contributed by atoms with van der Waals surface area (Å²) in [6, 6.07) is 8.28. The van der Waals surface area contributed by atoms with Crippen molar-refractivity contribution in [1.82, 2.24) is 5.32 Å². The van der Waals surface area contributed by atoms with E-state index in [1.807, 2.05) is 31.4 Å². The third-order valence-electron chi connectivity index (χ3n) is 3.28. The average molecular weight is 307 g/mol. The molecule has 0 radical (unpaired) electrons. The second kappa shape index (κ2) is 6.24. The number of rotatable bonds is 5. The van der Waals surface area contributed by atoms with E-state index in [1.165, 1.54) is 23.1 Å². The van der Waals surface area contributed by atoms with Crippen LogP contribution in [0.2, 0.25) is 0 Å². The number of hydrazine groups is 1. The predicted molar refractivity (Wildman–Crippen MR) is 83.9 cm³/mol. The molecule has 2 rings (SSSR count). The average Bonchev–Trinajstić information content (AvgIpc) is 2.99. The number of carbonyl (C=O) groups is 1. The van der Waals surface area contributed by atoms with Gasteiger partial charge >= 0.3 is 0 Å². The van der Waals surface area contributed by atoms with E-state index in [4.69, 9.17) is 5.84 Å². The van der Waals surface area contributed by atoms with Crippen molar-refractivity contribution in [1.29, 1.82) is 0 Å². The number of hydrogen-bond acceptors (Lipinski definition) is 4. The van der Waals surface area contributed by atoms with Crippen molar-refractivity contribution in [2.45, 2.75) is 19.3 Å². The molecule has 4 nitrogen and oxygen atoms in total. The van der Waals surface area contributed by atoms with Crippen LogP contribution in [-0.4, -0.2) is 12.5 Å². The van der Waals surface area contributed by atoms with Crippen molar-refractivity contribution in [3.05, 3.63) is 52.0 Å². The molecular weight excluding hydrogens is 289 g/mol. The highest BCUT2D eigenvalue weighted by molar-refractivity contribution is 7.10. The Morgan fingerprint density at radius 1 is 1.33 bits per heavy atom. The molecule has 1 amide bonds. The first-order valence-electron chi connectivity index (χ1n) is 6.53. The van der Waals surface area contributed by atoms with Crippen LogP contribution in [0.3, 0.4) is 0 Å². The molecule has 1 aromatic carbocycles. The highest BCUT2D eigenvalue weighted by Crippen LogP contribution is 2.27. The Hall–Kier alpha value is -1.92. The van der Waals surface area contributed by atoms with E-state index in [9.17, 15) is 9.18 Å². The number of carbonyl (C=O) groups excluding carboxylic acids is 1. The summed E-state index contributed by atoms with van der Waals surface area (Å²) < 4.78 is 13.6. The number of para-hydroxylation sites is 1. The maximum atomic E-state index is 13.6. The summed E-state index contributed by atoms with van der Waals surface area (Å²) in [4.78, 5) is 13.4. The van der Waals surface area contributed by atoms with Crippen LogP contribution in [-0.2, 0) is 5.41 Å². The Morgan fingerprint density at radius 2 is 2.10 bits per heavy atom. The SMILES string of the molecule is CC(C)(CNC(=O)c1cccc(F)c1NN)c1cccs1. The minimum Gasteiger partial charge on any atom is -0.351 e. The molecule has 4 N–H and O–H groups in total. The summed E-state index contributed by atoms with van der Waals surface area (Å²) in [5.41, 5.74) is 2.25. The number of anilines is 1. The van der Waals surface area contributed by atoms with Gasteiger partial charge in [0, 0.05) is 16.8 Å². The number of nitrogen functional groups attached to an aromatic ring is 1. The topological polar surface area (TPSA) is 67.2 Å². The first-order valence-corrected chi connectivity index (χ1v) is 7.41. The zero-order valence-corrected chi connectivity index (χ0v) is 12.8. The van der Waals surface area contributed by atoms with Gasteiger partial charge < -0.3 is 10.7 Å². The van der Waals surface area contributed by atoms with E-state index in [2.05, 4.69) is 10.7 Å². The van der Waals surface area contributed by atoms with Crippen molar-refractivity contribution in [2.75, 3.05) is 12.0 Å². The molecule has 21 heavy (non-hydrogen) atoms. The molecule has 0 saturated carbocycles. The highest BCUT2D eigenvalue weighted by atomic mass is 32.1. The third-order valence-corrected chi connectivity index (χ3v) is 4.52. The van der Waals surface area contributed by atoms with Crippen LogP contribution in [0.5, 0.6) is 0 Å². The van der Waals surface area contributed by atoms with Crippen molar-refractivity contribution in [3.63, 3.8) is 0 Å². The van der Waals surface area contributed by atoms with Crippen LogP contribution in [0.25, 0.3) is 0 Å². The monoisotopic (exact) mass is 307 g/mol. The van der Waals surface area contributed by atoms with Gasteiger partial charge in [-0.2, -0.15) is 0 Å². The molecule has 6 heteroatoms. The maximum absolute atomic E-state index is 13.6. The first-order chi connectivity index (χ1) is 9.95. The lowest BCUT2D eigenvalue weighted by atomic mass is 9.91. The second-order valence-electron chi connectivity index (χ2n) is 5.35.